The summed E-state index contributed by atoms with van der Waals surface area (Å²) >= 11 is 3.26. The summed E-state index contributed by atoms with van der Waals surface area (Å²) in [6.07, 6.45) is 1.98. The van der Waals surface area contributed by atoms with Gasteiger partial charge in [-0.15, -0.1) is 0 Å². The third-order valence-electron chi connectivity index (χ3n) is 2.95. The highest BCUT2D eigenvalue weighted by atomic mass is 79.9. The highest BCUT2D eigenvalue weighted by Crippen LogP contribution is 2.18. The fraction of sp³-hybridized carbons (Fsp3) is 0.462. The van der Waals surface area contributed by atoms with Gasteiger partial charge in [0.05, 0.1) is 6.42 Å². The lowest BCUT2D eigenvalue weighted by Gasteiger charge is -2.23. The van der Waals surface area contributed by atoms with Crippen molar-refractivity contribution in [2.24, 2.45) is 0 Å². The molecule has 0 saturated carbocycles. The van der Waals surface area contributed by atoms with E-state index in [9.17, 15) is 9.18 Å². The summed E-state index contributed by atoms with van der Waals surface area (Å²) < 4.78 is 18.8. The van der Waals surface area contributed by atoms with Crippen molar-refractivity contribution in [1.82, 2.24) is 5.32 Å². The van der Waals surface area contributed by atoms with Crippen molar-refractivity contribution < 1.29 is 13.9 Å². The molecule has 1 amide bonds. The van der Waals surface area contributed by atoms with Crippen molar-refractivity contribution in [2.75, 3.05) is 13.2 Å². The SMILES string of the molecule is O=C(Cc1ccc(F)cc1Br)NC1CCOCC1. The van der Waals surface area contributed by atoms with Crippen LogP contribution in [0.15, 0.2) is 22.7 Å². The van der Waals surface area contributed by atoms with E-state index >= 15 is 0 Å². The minimum atomic E-state index is -0.310. The molecule has 98 valence electrons. The van der Waals surface area contributed by atoms with E-state index in [1.807, 2.05) is 0 Å². The second-order valence-corrected chi connectivity index (χ2v) is 5.22. The van der Waals surface area contributed by atoms with Crippen LogP contribution in [0, 0.1) is 5.82 Å². The fourth-order valence-corrected chi connectivity index (χ4v) is 2.45. The van der Waals surface area contributed by atoms with Crippen LogP contribution in [0.5, 0.6) is 0 Å². The number of nitrogens with one attached hydrogen (secondary N) is 1. The maximum absolute atomic E-state index is 12.9. The van der Waals surface area contributed by atoms with Gasteiger partial charge < -0.3 is 10.1 Å². The van der Waals surface area contributed by atoms with Crippen molar-refractivity contribution in [3.05, 3.63) is 34.1 Å². The first-order valence-corrected chi connectivity index (χ1v) is 6.75. The summed E-state index contributed by atoms with van der Waals surface area (Å²) in [4.78, 5) is 11.9. The Morgan fingerprint density at radius 3 is 2.83 bits per heavy atom. The van der Waals surface area contributed by atoms with Crippen LogP contribution in [-0.2, 0) is 16.0 Å². The largest absolute Gasteiger partial charge is 0.381 e. The number of benzene rings is 1. The smallest absolute Gasteiger partial charge is 0.224 e. The Hall–Kier alpha value is -0.940. The first-order chi connectivity index (χ1) is 8.65. The monoisotopic (exact) mass is 315 g/mol. The molecule has 1 aromatic rings. The van der Waals surface area contributed by atoms with Gasteiger partial charge in [0.2, 0.25) is 5.91 Å². The molecule has 0 aliphatic carbocycles. The molecule has 0 aromatic heterocycles. The van der Waals surface area contributed by atoms with Crippen molar-refractivity contribution in [3.63, 3.8) is 0 Å². The van der Waals surface area contributed by atoms with E-state index in [0.29, 0.717) is 17.7 Å². The highest BCUT2D eigenvalue weighted by molar-refractivity contribution is 9.10. The van der Waals surface area contributed by atoms with Gasteiger partial charge in [-0.05, 0) is 30.5 Å². The van der Waals surface area contributed by atoms with Crippen molar-refractivity contribution in [2.45, 2.75) is 25.3 Å². The number of hydrogen-bond acceptors (Lipinski definition) is 2. The summed E-state index contributed by atoms with van der Waals surface area (Å²) in [6.45, 7) is 1.40. The van der Waals surface area contributed by atoms with Crippen LogP contribution in [-0.4, -0.2) is 25.2 Å². The minimum Gasteiger partial charge on any atom is -0.381 e. The molecule has 1 aliphatic heterocycles. The van der Waals surface area contributed by atoms with E-state index in [-0.39, 0.29) is 24.2 Å². The van der Waals surface area contributed by atoms with E-state index in [2.05, 4.69) is 21.2 Å². The molecule has 1 N–H and O–H groups in total. The molecule has 1 aromatic carbocycles. The molecule has 0 radical (unpaired) electrons. The molecule has 5 heteroatoms. The van der Waals surface area contributed by atoms with Gasteiger partial charge in [-0.2, -0.15) is 0 Å². The van der Waals surface area contributed by atoms with Gasteiger partial charge in [0.25, 0.3) is 0 Å². The van der Waals surface area contributed by atoms with Gasteiger partial charge in [-0.1, -0.05) is 22.0 Å². The third kappa shape index (κ3) is 3.78. The molecular weight excluding hydrogens is 301 g/mol. The zero-order valence-electron chi connectivity index (χ0n) is 9.92. The van der Waals surface area contributed by atoms with Gasteiger partial charge in [-0.25, -0.2) is 4.39 Å². The summed E-state index contributed by atoms with van der Waals surface area (Å²) in [5, 5.41) is 2.98. The van der Waals surface area contributed by atoms with Gasteiger partial charge in [0, 0.05) is 23.7 Å². The molecule has 0 atom stereocenters. The van der Waals surface area contributed by atoms with Gasteiger partial charge in [0.15, 0.2) is 0 Å². The molecule has 0 spiro atoms. The van der Waals surface area contributed by atoms with E-state index in [1.165, 1.54) is 12.1 Å². The maximum atomic E-state index is 12.9. The van der Waals surface area contributed by atoms with Gasteiger partial charge in [0.1, 0.15) is 5.82 Å². The summed E-state index contributed by atoms with van der Waals surface area (Å²) in [5.74, 6) is -0.343. The van der Waals surface area contributed by atoms with E-state index in [0.717, 1.165) is 18.4 Å². The van der Waals surface area contributed by atoms with Crippen LogP contribution in [0.1, 0.15) is 18.4 Å². The summed E-state index contributed by atoms with van der Waals surface area (Å²) in [7, 11) is 0. The Morgan fingerprint density at radius 2 is 2.17 bits per heavy atom. The highest BCUT2D eigenvalue weighted by Gasteiger charge is 2.16. The Kier molecular flexibility index (Phi) is 4.72. The van der Waals surface area contributed by atoms with Gasteiger partial charge >= 0.3 is 0 Å². The van der Waals surface area contributed by atoms with Crippen LogP contribution >= 0.6 is 15.9 Å². The van der Waals surface area contributed by atoms with E-state index in [1.54, 1.807) is 6.07 Å². The molecule has 1 saturated heterocycles. The lowest BCUT2D eigenvalue weighted by molar-refractivity contribution is -0.121. The number of carbonyl (C=O) groups excluding carboxylic acids is 1. The van der Waals surface area contributed by atoms with Crippen LogP contribution in [0.4, 0.5) is 4.39 Å². The average Bonchev–Trinajstić information content (AvgIpc) is 2.34. The second-order valence-electron chi connectivity index (χ2n) is 4.37. The van der Waals surface area contributed by atoms with Crippen molar-refractivity contribution >= 4 is 21.8 Å². The molecular formula is C13H15BrFNO2. The molecule has 0 unspecified atom stereocenters. The molecule has 0 bridgehead atoms. The Morgan fingerprint density at radius 1 is 1.44 bits per heavy atom. The van der Waals surface area contributed by atoms with Crippen LogP contribution in [0.25, 0.3) is 0 Å². The number of amides is 1. The quantitative estimate of drug-likeness (QED) is 0.930. The number of carbonyl (C=O) groups is 1. The Labute approximate surface area is 114 Å². The van der Waals surface area contributed by atoms with Crippen LogP contribution in [0.3, 0.4) is 0 Å². The van der Waals surface area contributed by atoms with Crippen molar-refractivity contribution in [3.8, 4) is 0 Å². The fourth-order valence-electron chi connectivity index (χ4n) is 1.96. The third-order valence-corrected chi connectivity index (χ3v) is 3.69. The molecule has 1 fully saturated rings. The zero-order valence-corrected chi connectivity index (χ0v) is 11.5. The number of ether oxygens (including phenoxy) is 1. The Balaban J connectivity index is 1.90. The first-order valence-electron chi connectivity index (χ1n) is 5.96. The molecule has 18 heavy (non-hydrogen) atoms. The second kappa shape index (κ2) is 6.29. The van der Waals surface area contributed by atoms with Crippen LogP contribution < -0.4 is 5.32 Å². The number of hydrogen-bond donors (Lipinski definition) is 1. The summed E-state index contributed by atoms with van der Waals surface area (Å²) in [6, 6.07) is 4.56. The number of halogens is 2. The normalized spacial score (nSPS) is 16.6. The van der Waals surface area contributed by atoms with E-state index < -0.39 is 0 Å². The molecule has 1 aliphatic rings. The molecule has 2 rings (SSSR count). The lowest BCUT2D eigenvalue weighted by atomic mass is 10.1. The maximum Gasteiger partial charge on any atom is 0.224 e. The van der Waals surface area contributed by atoms with Crippen LogP contribution in [0.2, 0.25) is 0 Å². The minimum absolute atomic E-state index is 0.0331. The van der Waals surface area contributed by atoms with E-state index in [4.69, 9.17) is 4.74 Å². The Bertz CT molecular complexity index is 433. The summed E-state index contributed by atoms with van der Waals surface area (Å²) in [5.41, 5.74) is 0.793. The van der Waals surface area contributed by atoms with Crippen molar-refractivity contribution in [1.29, 1.82) is 0 Å². The number of rotatable bonds is 3. The standard InChI is InChI=1S/C13H15BrFNO2/c14-12-8-10(15)2-1-9(12)7-13(17)16-11-3-5-18-6-4-11/h1-2,8,11H,3-7H2,(H,16,17). The molecule has 1 heterocycles. The first kappa shape index (κ1) is 13.5. The van der Waals surface area contributed by atoms with Gasteiger partial charge in [-0.3, -0.25) is 4.79 Å². The predicted octanol–water partition coefficient (Wildman–Crippen LogP) is 2.43. The zero-order chi connectivity index (χ0) is 13.0. The average molecular weight is 316 g/mol. The predicted molar refractivity (Wildman–Crippen MR) is 69.8 cm³/mol. The topological polar surface area (TPSA) is 38.3 Å². The molecule has 3 nitrogen and oxygen atoms in total. The lowest BCUT2D eigenvalue weighted by Crippen LogP contribution is -2.39.